The minimum Gasteiger partial charge on any atom is -0.328 e. The first-order valence-electron chi connectivity index (χ1n) is 6.24. The molecule has 2 aromatic rings. The van der Waals surface area contributed by atoms with Crippen molar-refractivity contribution in [1.82, 2.24) is 9.88 Å². The van der Waals surface area contributed by atoms with Crippen LogP contribution >= 0.6 is 0 Å². The minimum atomic E-state index is -0.831. The van der Waals surface area contributed by atoms with E-state index < -0.39 is 17.5 Å². The van der Waals surface area contributed by atoms with Crippen molar-refractivity contribution < 1.29 is 13.6 Å². The zero-order valence-electron chi connectivity index (χ0n) is 10.9. The molecule has 5 heteroatoms. The van der Waals surface area contributed by atoms with Crippen molar-refractivity contribution >= 4 is 5.91 Å². The first-order chi connectivity index (χ1) is 9.56. The number of carbonyl (C=O) groups excluding carboxylic acids is 1. The van der Waals surface area contributed by atoms with E-state index in [0.717, 1.165) is 17.3 Å². The predicted octanol–water partition coefficient (Wildman–Crippen LogP) is 2.82. The zero-order valence-corrected chi connectivity index (χ0v) is 10.9. The van der Waals surface area contributed by atoms with Crippen molar-refractivity contribution in [3.63, 3.8) is 0 Å². The van der Waals surface area contributed by atoms with Crippen LogP contribution in [0.5, 0.6) is 0 Å². The lowest BCUT2D eigenvalue weighted by atomic mass is 10.1. The number of rotatable bonds is 1. The highest BCUT2D eigenvalue weighted by molar-refractivity contribution is 5.95. The summed E-state index contributed by atoms with van der Waals surface area (Å²) in [4.78, 5) is 18.0. The van der Waals surface area contributed by atoms with Crippen LogP contribution in [-0.4, -0.2) is 15.8 Å². The Kier molecular flexibility index (Phi) is 2.97. The summed E-state index contributed by atoms with van der Waals surface area (Å²) in [5.41, 5.74) is 1.93. The molecule has 3 nitrogen and oxygen atoms in total. The molecule has 0 N–H and O–H groups in total. The van der Waals surface area contributed by atoms with E-state index in [1.54, 1.807) is 12.3 Å². The second kappa shape index (κ2) is 4.67. The number of halogens is 2. The number of fused-ring (bicyclic) bond motifs is 1. The number of benzene rings is 1. The van der Waals surface area contributed by atoms with Gasteiger partial charge in [-0.25, -0.2) is 8.78 Å². The Hall–Kier alpha value is -2.30. The molecule has 0 bridgehead atoms. The summed E-state index contributed by atoms with van der Waals surface area (Å²) in [6, 6.07) is 5.70. The molecular formula is C15H12F2N2O. The van der Waals surface area contributed by atoms with Crippen LogP contribution in [0, 0.1) is 18.6 Å². The lowest BCUT2D eigenvalue weighted by molar-refractivity contribution is 0.0745. The highest BCUT2D eigenvalue weighted by Gasteiger charge is 2.27. The number of pyridine rings is 1. The van der Waals surface area contributed by atoms with Gasteiger partial charge in [0.15, 0.2) is 0 Å². The van der Waals surface area contributed by atoms with Crippen molar-refractivity contribution in [2.24, 2.45) is 0 Å². The van der Waals surface area contributed by atoms with Gasteiger partial charge < -0.3 is 4.90 Å². The molecule has 0 unspecified atom stereocenters. The molecule has 1 aliphatic heterocycles. The Morgan fingerprint density at radius 1 is 1.25 bits per heavy atom. The maximum Gasteiger partial charge on any atom is 0.257 e. The fourth-order valence-corrected chi connectivity index (χ4v) is 2.34. The molecule has 0 fully saturated rings. The molecule has 3 rings (SSSR count). The van der Waals surface area contributed by atoms with E-state index in [1.165, 1.54) is 17.9 Å². The van der Waals surface area contributed by atoms with E-state index in [4.69, 9.17) is 0 Å². The van der Waals surface area contributed by atoms with Gasteiger partial charge in [0.1, 0.15) is 11.6 Å². The van der Waals surface area contributed by atoms with E-state index in [2.05, 4.69) is 4.98 Å². The number of hydrogen-bond donors (Lipinski definition) is 0. The molecule has 0 aliphatic carbocycles. The number of aryl methyl sites for hydroxylation is 1. The topological polar surface area (TPSA) is 33.2 Å². The standard InChI is InChI=1S/C15H12F2N2O/c1-9-5-11(13(17)6-12(9)16)15(20)19-7-10-3-2-4-18-14(10)8-19/h2-6H,7-8H2,1H3. The summed E-state index contributed by atoms with van der Waals surface area (Å²) in [7, 11) is 0. The number of nitrogens with zero attached hydrogens (tertiary/aromatic N) is 2. The molecule has 1 aromatic heterocycles. The van der Waals surface area contributed by atoms with Crippen LogP contribution in [0.25, 0.3) is 0 Å². The Balaban J connectivity index is 1.90. The summed E-state index contributed by atoms with van der Waals surface area (Å²) in [5.74, 6) is -1.92. The first-order valence-corrected chi connectivity index (χ1v) is 6.24. The molecule has 1 aliphatic rings. The van der Waals surface area contributed by atoms with E-state index in [9.17, 15) is 13.6 Å². The Morgan fingerprint density at radius 3 is 2.80 bits per heavy atom. The van der Waals surface area contributed by atoms with Crippen molar-refractivity contribution in [2.45, 2.75) is 20.0 Å². The zero-order chi connectivity index (χ0) is 14.3. The largest absolute Gasteiger partial charge is 0.328 e. The van der Waals surface area contributed by atoms with Crippen LogP contribution < -0.4 is 0 Å². The normalized spacial score (nSPS) is 13.4. The van der Waals surface area contributed by atoms with Gasteiger partial charge in [-0.15, -0.1) is 0 Å². The summed E-state index contributed by atoms with van der Waals surface area (Å²) in [6.45, 7) is 2.26. The number of carbonyl (C=O) groups is 1. The molecule has 1 amide bonds. The molecule has 0 spiro atoms. The molecule has 0 radical (unpaired) electrons. The van der Waals surface area contributed by atoms with Gasteiger partial charge in [-0.3, -0.25) is 9.78 Å². The molecule has 0 saturated carbocycles. The van der Waals surface area contributed by atoms with Gasteiger partial charge in [0.2, 0.25) is 0 Å². The molecule has 20 heavy (non-hydrogen) atoms. The average Bonchev–Trinajstić information content (AvgIpc) is 2.86. The van der Waals surface area contributed by atoms with Crippen molar-refractivity contribution in [3.8, 4) is 0 Å². The third-order valence-electron chi connectivity index (χ3n) is 3.45. The average molecular weight is 274 g/mol. The summed E-state index contributed by atoms with van der Waals surface area (Å²) >= 11 is 0. The summed E-state index contributed by atoms with van der Waals surface area (Å²) in [5, 5.41) is 0. The lowest BCUT2D eigenvalue weighted by Crippen LogP contribution is -2.26. The van der Waals surface area contributed by atoms with Crippen molar-refractivity contribution in [3.05, 3.63) is 64.5 Å². The molecule has 0 saturated heterocycles. The first kappa shape index (κ1) is 12.7. The fourth-order valence-electron chi connectivity index (χ4n) is 2.34. The van der Waals surface area contributed by atoms with Gasteiger partial charge in [-0.05, 0) is 30.2 Å². The third kappa shape index (κ3) is 2.05. The van der Waals surface area contributed by atoms with Gasteiger partial charge in [-0.2, -0.15) is 0 Å². The van der Waals surface area contributed by atoms with E-state index in [-0.39, 0.29) is 11.1 Å². The van der Waals surface area contributed by atoms with Crippen LogP contribution in [0.15, 0.2) is 30.5 Å². The quantitative estimate of drug-likeness (QED) is 0.801. The smallest absolute Gasteiger partial charge is 0.257 e. The maximum absolute atomic E-state index is 13.8. The third-order valence-corrected chi connectivity index (χ3v) is 3.45. The van der Waals surface area contributed by atoms with Crippen molar-refractivity contribution in [1.29, 1.82) is 0 Å². The molecule has 1 aromatic carbocycles. The lowest BCUT2D eigenvalue weighted by Gasteiger charge is -2.16. The van der Waals surface area contributed by atoms with Gasteiger partial charge in [0.25, 0.3) is 5.91 Å². The van der Waals surface area contributed by atoms with Crippen LogP contribution in [0.4, 0.5) is 8.78 Å². The molecule has 2 heterocycles. The van der Waals surface area contributed by atoms with Crippen molar-refractivity contribution in [2.75, 3.05) is 0 Å². The van der Waals surface area contributed by atoms with Gasteiger partial charge in [0, 0.05) is 18.8 Å². The molecule has 0 atom stereocenters. The fraction of sp³-hybridized carbons (Fsp3) is 0.200. The van der Waals surface area contributed by atoms with Crippen LogP contribution in [0.1, 0.15) is 27.2 Å². The summed E-state index contributed by atoms with van der Waals surface area (Å²) in [6.07, 6.45) is 1.66. The van der Waals surface area contributed by atoms with Gasteiger partial charge >= 0.3 is 0 Å². The SMILES string of the molecule is Cc1cc(C(=O)N2Cc3cccnc3C2)c(F)cc1F. The molecular weight excluding hydrogens is 262 g/mol. The van der Waals surface area contributed by atoms with Crippen LogP contribution in [-0.2, 0) is 13.1 Å². The van der Waals surface area contributed by atoms with E-state index >= 15 is 0 Å². The van der Waals surface area contributed by atoms with Crippen LogP contribution in [0.3, 0.4) is 0 Å². The highest BCUT2D eigenvalue weighted by Crippen LogP contribution is 2.24. The monoisotopic (exact) mass is 274 g/mol. The highest BCUT2D eigenvalue weighted by atomic mass is 19.1. The Morgan fingerprint density at radius 2 is 2.05 bits per heavy atom. The van der Waals surface area contributed by atoms with E-state index in [0.29, 0.717) is 13.1 Å². The number of hydrogen-bond acceptors (Lipinski definition) is 2. The summed E-state index contributed by atoms with van der Waals surface area (Å²) < 4.78 is 27.0. The predicted molar refractivity (Wildman–Crippen MR) is 68.9 cm³/mol. The van der Waals surface area contributed by atoms with E-state index in [1.807, 2.05) is 6.07 Å². The molecule has 102 valence electrons. The second-order valence-electron chi connectivity index (χ2n) is 4.85. The second-order valence-corrected chi connectivity index (χ2v) is 4.85. The van der Waals surface area contributed by atoms with Gasteiger partial charge in [0.05, 0.1) is 17.8 Å². The number of amides is 1. The minimum absolute atomic E-state index is 0.100. The Bertz CT molecular complexity index is 675. The van der Waals surface area contributed by atoms with Gasteiger partial charge in [-0.1, -0.05) is 6.07 Å². The maximum atomic E-state index is 13.8. The number of aromatic nitrogens is 1. The Labute approximate surface area is 114 Å². The van der Waals surface area contributed by atoms with Crippen LogP contribution in [0.2, 0.25) is 0 Å².